The summed E-state index contributed by atoms with van der Waals surface area (Å²) in [7, 11) is 1.76. The Bertz CT molecular complexity index is 115. The molecule has 0 bridgehead atoms. The van der Waals surface area contributed by atoms with Crippen LogP contribution in [0.1, 0.15) is 38.5 Å². The van der Waals surface area contributed by atoms with Crippen molar-refractivity contribution in [1.29, 1.82) is 0 Å². The van der Waals surface area contributed by atoms with E-state index in [1.54, 1.807) is 7.11 Å². The van der Waals surface area contributed by atoms with Gasteiger partial charge in [0.1, 0.15) is 0 Å². The molecule has 2 nitrogen and oxygen atoms in total. The largest absolute Gasteiger partial charge is 0.385 e. The first-order valence-corrected chi connectivity index (χ1v) is 5.72. The Morgan fingerprint density at radius 1 is 1.07 bits per heavy atom. The van der Waals surface area contributed by atoms with Gasteiger partial charge in [0.2, 0.25) is 0 Å². The van der Waals surface area contributed by atoms with E-state index in [0.717, 1.165) is 26.1 Å². The molecule has 1 N–H and O–H groups in total. The van der Waals surface area contributed by atoms with Crippen molar-refractivity contribution in [3.63, 3.8) is 0 Å². The molecule has 0 spiro atoms. The SMILES string of the molecule is C=CCCCCNCCCCCOC. The highest BCUT2D eigenvalue weighted by Crippen LogP contribution is 1.95. The van der Waals surface area contributed by atoms with Gasteiger partial charge in [-0.05, 0) is 51.6 Å². The van der Waals surface area contributed by atoms with Crippen LogP contribution >= 0.6 is 0 Å². The van der Waals surface area contributed by atoms with Gasteiger partial charge in [-0.25, -0.2) is 0 Å². The minimum Gasteiger partial charge on any atom is -0.385 e. The van der Waals surface area contributed by atoms with Gasteiger partial charge in [-0.1, -0.05) is 6.08 Å². The second kappa shape index (κ2) is 12.7. The van der Waals surface area contributed by atoms with Crippen LogP contribution in [0.5, 0.6) is 0 Å². The van der Waals surface area contributed by atoms with Crippen molar-refractivity contribution in [2.45, 2.75) is 38.5 Å². The fourth-order valence-electron chi connectivity index (χ4n) is 1.34. The molecular weight excluding hydrogens is 174 g/mol. The summed E-state index contributed by atoms with van der Waals surface area (Å²) in [6, 6.07) is 0. The fourth-order valence-corrected chi connectivity index (χ4v) is 1.34. The van der Waals surface area contributed by atoms with Crippen LogP contribution in [-0.2, 0) is 4.74 Å². The normalized spacial score (nSPS) is 10.4. The average Bonchev–Trinajstić information content (AvgIpc) is 2.21. The van der Waals surface area contributed by atoms with Crippen LogP contribution in [0.4, 0.5) is 0 Å². The molecule has 0 aromatic rings. The number of nitrogens with one attached hydrogen (secondary N) is 1. The summed E-state index contributed by atoms with van der Waals surface area (Å²) >= 11 is 0. The summed E-state index contributed by atoms with van der Waals surface area (Å²) in [5, 5.41) is 3.45. The lowest BCUT2D eigenvalue weighted by Crippen LogP contribution is -2.16. The van der Waals surface area contributed by atoms with E-state index in [9.17, 15) is 0 Å². The van der Waals surface area contributed by atoms with Gasteiger partial charge >= 0.3 is 0 Å². The molecule has 0 aromatic carbocycles. The zero-order valence-electron chi connectivity index (χ0n) is 9.56. The average molecular weight is 199 g/mol. The molecule has 0 saturated carbocycles. The highest BCUT2D eigenvalue weighted by atomic mass is 16.5. The Morgan fingerprint density at radius 3 is 2.43 bits per heavy atom. The van der Waals surface area contributed by atoms with Crippen molar-refractivity contribution in [2.75, 3.05) is 26.8 Å². The summed E-state index contributed by atoms with van der Waals surface area (Å²) in [5.74, 6) is 0. The first-order valence-electron chi connectivity index (χ1n) is 5.72. The van der Waals surface area contributed by atoms with Crippen LogP contribution in [-0.4, -0.2) is 26.8 Å². The molecule has 2 heteroatoms. The van der Waals surface area contributed by atoms with E-state index in [1.807, 2.05) is 6.08 Å². The molecule has 0 amide bonds. The van der Waals surface area contributed by atoms with Crippen LogP contribution in [0.15, 0.2) is 12.7 Å². The standard InChI is InChI=1S/C12H25NO/c1-3-4-5-7-10-13-11-8-6-9-12-14-2/h3,13H,1,4-12H2,2H3. The van der Waals surface area contributed by atoms with Gasteiger partial charge < -0.3 is 10.1 Å². The molecule has 0 fully saturated rings. The maximum atomic E-state index is 4.98. The molecule has 0 radical (unpaired) electrons. The van der Waals surface area contributed by atoms with E-state index in [1.165, 1.54) is 32.1 Å². The van der Waals surface area contributed by atoms with Gasteiger partial charge in [-0.15, -0.1) is 6.58 Å². The van der Waals surface area contributed by atoms with Crippen LogP contribution in [0.3, 0.4) is 0 Å². The lowest BCUT2D eigenvalue weighted by atomic mass is 10.2. The molecule has 0 saturated heterocycles. The fraction of sp³-hybridized carbons (Fsp3) is 0.833. The Hall–Kier alpha value is -0.340. The third-order valence-electron chi connectivity index (χ3n) is 2.21. The van der Waals surface area contributed by atoms with E-state index in [0.29, 0.717) is 0 Å². The summed E-state index contributed by atoms with van der Waals surface area (Å²) in [4.78, 5) is 0. The summed E-state index contributed by atoms with van der Waals surface area (Å²) in [6.07, 6.45) is 9.40. The Balaban J connectivity index is 2.81. The number of hydrogen-bond donors (Lipinski definition) is 1. The van der Waals surface area contributed by atoms with Gasteiger partial charge in [-0.2, -0.15) is 0 Å². The van der Waals surface area contributed by atoms with E-state index in [-0.39, 0.29) is 0 Å². The van der Waals surface area contributed by atoms with Gasteiger partial charge in [0.05, 0.1) is 0 Å². The van der Waals surface area contributed by atoms with Crippen LogP contribution in [0.2, 0.25) is 0 Å². The smallest absolute Gasteiger partial charge is 0.0462 e. The first-order chi connectivity index (χ1) is 6.91. The van der Waals surface area contributed by atoms with Crippen molar-refractivity contribution < 1.29 is 4.74 Å². The predicted molar refractivity (Wildman–Crippen MR) is 62.6 cm³/mol. The lowest BCUT2D eigenvalue weighted by Gasteiger charge is -2.03. The molecule has 0 unspecified atom stereocenters. The monoisotopic (exact) mass is 199 g/mol. The van der Waals surface area contributed by atoms with Crippen LogP contribution < -0.4 is 5.32 Å². The van der Waals surface area contributed by atoms with E-state index >= 15 is 0 Å². The zero-order valence-corrected chi connectivity index (χ0v) is 9.56. The molecule has 0 aliphatic heterocycles. The number of ether oxygens (including phenoxy) is 1. The minimum absolute atomic E-state index is 0.902. The first kappa shape index (κ1) is 13.7. The number of methoxy groups -OCH3 is 1. The van der Waals surface area contributed by atoms with Crippen LogP contribution in [0.25, 0.3) is 0 Å². The number of hydrogen-bond acceptors (Lipinski definition) is 2. The van der Waals surface area contributed by atoms with Gasteiger partial charge in [-0.3, -0.25) is 0 Å². The summed E-state index contributed by atoms with van der Waals surface area (Å²) in [5.41, 5.74) is 0. The topological polar surface area (TPSA) is 21.3 Å². The number of allylic oxidation sites excluding steroid dienone is 1. The molecular formula is C12H25NO. The van der Waals surface area contributed by atoms with E-state index < -0.39 is 0 Å². The van der Waals surface area contributed by atoms with Crippen molar-refractivity contribution in [2.24, 2.45) is 0 Å². The van der Waals surface area contributed by atoms with Gasteiger partial charge in [0.15, 0.2) is 0 Å². The Kier molecular flexibility index (Phi) is 12.4. The molecule has 0 rings (SSSR count). The van der Waals surface area contributed by atoms with Gasteiger partial charge in [0, 0.05) is 13.7 Å². The van der Waals surface area contributed by atoms with E-state index in [4.69, 9.17) is 4.74 Å². The highest BCUT2D eigenvalue weighted by Gasteiger charge is 1.89. The summed E-state index contributed by atoms with van der Waals surface area (Å²) in [6.45, 7) is 6.91. The van der Waals surface area contributed by atoms with Crippen molar-refractivity contribution in [1.82, 2.24) is 5.32 Å². The van der Waals surface area contributed by atoms with Crippen LogP contribution in [0, 0.1) is 0 Å². The third kappa shape index (κ3) is 11.7. The van der Waals surface area contributed by atoms with Gasteiger partial charge in [0.25, 0.3) is 0 Å². The van der Waals surface area contributed by atoms with Crippen molar-refractivity contribution >= 4 is 0 Å². The highest BCUT2D eigenvalue weighted by molar-refractivity contribution is 4.65. The molecule has 0 heterocycles. The van der Waals surface area contributed by atoms with Crippen molar-refractivity contribution in [3.05, 3.63) is 12.7 Å². The summed E-state index contributed by atoms with van der Waals surface area (Å²) < 4.78 is 4.98. The molecule has 0 aliphatic carbocycles. The maximum absolute atomic E-state index is 4.98. The Morgan fingerprint density at radius 2 is 1.79 bits per heavy atom. The second-order valence-corrected chi connectivity index (χ2v) is 3.59. The third-order valence-corrected chi connectivity index (χ3v) is 2.21. The predicted octanol–water partition coefficient (Wildman–Crippen LogP) is 2.75. The molecule has 0 atom stereocenters. The van der Waals surface area contributed by atoms with E-state index in [2.05, 4.69) is 11.9 Å². The second-order valence-electron chi connectivity index (χ2n) is 3.59. The quantitative estimate of drug-likeness (QED) is 0.408. The zero-order chi connectivity index (χ0) is 10.5. The molecule has 0 aromatic heterocycles. The minimum atomic E-state index is 0.902. The number of unbranched alkanes of at least 4 members (excludes halogenated alkanes) is 4. The molecule has 84 valence electrons. The number of rotatable bonds is 11. The lowest BCUT2D eigenvalue weighted by molar-refractivity contribution is 0.192. The maximum Gasteiger partial charge on any atom is 0.0462 e. The molecule has 14 heavy (non-hydrogen) atoms. The molecule has 0 aliphatic rings. The Labute approximate surface area is 88.7 Å². The van der Waals surface area contributed by atoms with Crippen molar-refractivity contribution in [3.8, 4) is 0 Å².